The Kier molecular flexibility index (Phi) is 3.59. The molecule has 6 nitrogen and oxygen atoms in total. The van der Waals surface area contributed by atoms with Crippen molar-refractivity contribution >= 4 is 11.5 Å². The molecule has 3 aromatic rings. The maximum atomic E-state index is 5.31. The van der Waals surface area contributed by atoms with Gasteiger partial charge in [-0.25, -0.2) is 9.97 Å². The maximum Gasteiger partial charge on any atom is 0.137 e. The summed E-state index contributed by atoms with van der Waals surface area (Å²) in [5.41, 5.74) is 2.72. The highest BCUT2D eigenvalue weighted by molar-refractivity contribution is 5.62. The lowest BCUT2D eigenvalue weighted by atomic mass is 10.2. The van der Waals surface area contributed by atoms with E-state index in [9.17, 15) is 0 Å². The van der Waals surface area contributed by atoms with Crippen LogP contribution in [0.4, 0.5) is 5.82 Å². The molecule has 118 valence electrons. The topological polar surface area (TPSA) is 63.5 Å². The minimum Gasteiger partial charge on any atom is -0.495 e. The van der Waals surface area contributed by atoms with Gasteiger partial charge in [-0.05, 0) is 37.2 Å². The van der Waals surface area contributed by atoms with Gasteiger partial charge in [-0.3, -0.25) is 4.40 Å². The molecule has 1 aliphatic heterocycles. The van der Waals surface area contributed by atoms with Gasteiger partial charge in [-0.15, -0.1) is 0 Å². The van der Waals surface area contributed by atoms with E-state index in [1.54, 1.807) is 7.11 Å². The van der Waals surface area contributed by atoms with Gasteiger partial charge in [0.2, 0.25) is 0 Å². The van der Waals surface area contributed by atoms with Crippen LogP contribution in [0.1, 0.15) is 6.42 Å². The Hall–Kier alpha value is -2.60. The fraction of sp³-hybridized carbons (Fsp3) is 0.294. The van der Waals surface area contributed by atoms with Crippen molar-refractivity contribution in [3.05, 3.63) is 42.7 Å². The fourth-order valence-corrected chi connectivity index (χ4v) is 2.92. The fourth-order valence-electron chi connectivity index (χ4n) is 2.92. The molecule has 4 rings (SSSR count). The molecule has 4 heterocycles. The summed E-state index contributed by atoms with van der Waals surface area (Å²) in [5, 5.41) is 6.84. The van der Waals surface area contributed by atoms with Crippen LogP contribution in [0.2, 0.25) is 0 Å². The van der Waals surface area contributed by atoms with Crippen LogP contribution < -0.4 is 15.4 Å². The molecule has 1 saturated heterocycles. The first-order valence-corrected chi connectivity index (χ1v) is 7.79. The van der Waals surface area contributed by atoms with E-state index in [-0.39, 0.29) is 0 Å². The van der Waals surface area contributed by atoms with Crippen molar-refractivity contribution in [3.8, 4) is 17.1 Å². The molecule has 1 atom stereocenters. The molecule has 1 aliphatic rings. The minimum atomic E-state index is 0.444. The summed E-state index contributed by atoms with van der Waals surface area (Å²) in [6.07, 6.45) is 4.90. The van der Waals surface area contributed by atoms with Crippen LogP contribution in [0.3, 0.4) is 0 Å². The van der Waals surface area contributed by atoms with Gasteiger partial charge in [-0.2, -0.15) is 0 Å². The summed E-state index contributed by atoms with van der Waals surface area (Å²) in [7, 11) is 1.66. The van der Waals surface area contributed by atoms with Crippen molar-refractivity contribution in [1.82, 2.24) is 19.7 Å². The Labute approximate surface area is 134 Å². The number of anilines is 1. The summed E-state index contributed by atoms with van der Waals surface area (Å²) in [5.74, 6) is 1.69. The predicted octanol–water partition coefficient (Wildman–Crippen LogP) is 2.18. The molecule has 0 bridgehead atoms. The highest BCUT2D eigenvalue weighted by atomic mass is 16.5. The lowest BCUT2D eigenvalue weighted by Crippen LogP contribution is -2.22. The monoisotopic (exact) mass is 309 g/mol. The average Bonchev–Trinajstić information content (AvgIpc) is 3.23. The van der Waals surface area contributed by atoms with E-state index < -0.39 is 0 Å². The van der Waals surface area contributed by atoms with Crippen molar-refractivity contribution in [2.45, 2.75) is 12.5 Å². The molecule has 1 fully saturated rings. The number of rotatable bonds is 4. The van der Waals surface area contributed by atoms with E-state index in [1.807, 2.05) is 47.1 Å². The minimum absolute atomic E-state index is 0.444. The zero-order chi connectivity index (χ0) is 15.6. The van der Waals surface area contributed by atoms with Crippen LogP contribution in [0.15, 0.2) is 42.7 Å². The molecule has 0 radical (unpaired) electrons. The van der Waals surface area contributed by atoms with E-state index in [1.165, 1.54) is 0 Å². The molecule has 0 aromatic carbocycles. The molecule has 2 N–H and O–H groups in total. The smallest absolute Gasteiger partial charge is 0.137 e. The third kappa shape index (κ3) is 2.73. The van der Waals surface area contributed by atoms with Gasteiger partial charge in [-0.1, -0.05) is 6.07 Å². The second-order valence-corrected chi connectivity index (χ2v) is 5.68. The molecule has 23 heavy (non-hydrogen) atoms. The summed E-state index contributed by atoms with van der Waals surface area (Å²) < 4.78 is 7.31. The Balaban J connectivity index is 1.69. The molecule has 6 heteroatoms. The Morgan fingerprint density at radius 3 is 3.09 bits per heavy atom. The quantitative estimate of drug-likeness (QED) is 0.773. The third-order valence-electron chi connectivity index (χ3n) is 4.14. The van der Waals surface area contributed by atoms with Crippen LogP contribution in [-0.2, 0) is 0 Å². The van der Waals surface area contributed by atoms with Gasteiger partial charge in [0.05, 0.1) is 30.9 Å². The SMILES string of the molecule is COc1ccc2ncc(-c3cccc(NC4CCNC4)n3)n2c1. The van der Waals surface area contributed by atoms with Gasteiger partial charge in [0, 0.05) is 12.6 Å². The van der Waals surface area contributed by atoms with Crippen molar-refractivity contribution in [3.63, 3.8) is 0 Å². The maximum absolute atomic E-state index is 5.31. The molecule has 1 unspecified atom stereocenters. The largest absolute Gasteiger partial charge is 0.495 e. The number of methoxy groups -OCH3 is 1. The summed E-state index contributed by atoms with van der Waals surface area (Å²) in [4.78, 5) is 9.18. The molecular formula is C17H19N5O. The zero-order valence-electron chi connectivity index (χ0n) is 13.0. The lowest BCUT2D eigenvalue weighted by molar-refractivity contribution is 0.412. The summed E-state index contributed by atoms with van der Waals surface area (Å²) in [6.45, 7) is 2.04. The Morgan fingerprint density at radius 1 is 1.30 bits per heavy atom. The molecule has 0 spiro atoms. The normalized spacial score (nSPS) is 17.5. The van der Waals surface area contributed by atoms with Crippen molar-refractivity contribution in [1.29, 1.82) is 0 Å². The van der Waals surface area contributed by atoms with Gasteiger partial charge in [0.15, 0.2) is 0 Å². The van der Waals surface area contributed by atoms with E-state index in [0.717, 1.165) is 48.1 Å². The number of aromatic nitrogens is 3. The number of nitrogens with one attached hydrogen (secondary N) is 2. The first-order chi connectivity index (χ1) is 11.3. The number of hydrogen-bond donors (Lipinski definition) is 2. The first-order valence-electron chi connectivity index (χ1n) is 7.79. The van der Waals surface area contributed by atoms with Crippen LogP contribution in [0.25, 0.3) is 17.0 Å². The van der Waals surface area contributed by atoms with E-state index in [0.29, 0.717) is 6.04 Å². The van der Waals surface area contributed by atoms with Crippen LogP contribution in [0, 0.1) is 0 Å². The number of fused-ring (bicyclic) bond motifs is 1. The summed E-state index contributed by atoms with van der Waals surface area (Å²) >= 11 is 0. The number of nitrogens with zero attached hydrogens (tertiary/aromatic N) is 3. The zero-order valence-corrected chi connectivity index (χ0v) is 13.0. The van der Waals surface area contributed by atoms with Gasteiger partial charge in [0.25, 0.3) is 0 Å². The van der Waals surface area contributed by atoms with E-state index in [2.05, 4.69) is 15.6 Å². The van der Waals surface area contributed by atoms with Crippen molar-refractivity contribution in [2.24, 2.45) is 0 Å². The standard InChI is InChI=1S/C17H19N5O/c1-23-13-5-6-17-19-10-15(22(17)11-13)14-3-2-4-16(21-14)20-12-7-8-18-9-12/h2-6,10-12,18H,7-9H2,1H3,(H,20,21). The third-order valence-corrected chi connectivity index (χ3v) is 4.14. The van der Waals surface area contributed by atoms with Crippen LogP contribution in [-0.4, -0.2) is 40.6 Å². The summed E-state index contributed by atoms with van der Waals surface area (Å²) in [6, 6.07) is 10.3. The Morgan fingerprint density at radius 2 is 2.26 bits per heavy atom. The molecular weight excluding hydrogens is 290 g/mol. The molecule has 0 aliphatic carbocycles. The van der Waals surface area contributed by atoms with Gasteiger partial charge < -0.3 is 15.4 Å². The number of pyridine rings is 2. The van der Waals surface area contributed by atoms with Gasteiger partial charge in [0.1, 0.15) is 17.2 Å². The van der Waals surface area contributed by atoms with Gasteiger partial charge >= 0.3 is 0 Å². The van der Waals surface area contributed by atoms with E-state index in [4.69, 9.17) is 9.72 Å². The molecule has 3 aromatic heterocycles. The number of ether oxygens (including phenoxy) is 1. The second-order valence-electron chi connectivity index (χ2n) is 5.68. The highest BCUT2D eigenvalue weighted by Gasteiger charge is 2.15. The predicted molar refractivity (Wildman–Crippen MR) is 89.9 cm³/mol. The second kappa shape index (κ2) is 5.89. The average molecular weight is 309 g/mol. The number of hydrogen-bond acceptors (Lipinski definition) is 5. The molecule has 0 saturated carbocycles. The lowest BCUT2D eigenvalue weighted by Gasteiger charge is -2.12. The van der Waals surface area contributed by atoms with Crippen LogP contribution in [0.5, 0.6) is 5.75 Å². The highest BCUT2D eigenvalue weighted by Crippen LogP contribution is 2.23. The van der Waals surface area contributed by atoms with E-state index >= 15 is 0 Å². The first kappa shape index (κ1) is 14.0. The Bertz CT molecular complexity index is 823. The number of imidazole rings is 1. The van der Waals surface area contributed by atoms with Crippen LogP contribution >= 0.6 is 0 Å². The van der Waals surface area contributed by atoms with Crippen molar-refractivity contribution in [2.75, 3.05) is 25.5 Å². The van der Waals surface area contributed by atoms with Crippen molar-refractivity contribution < 1.29 is 4.74 Å². The molecule has 0 amide bonds.